The zero-order valence-corrected chi connectivity index (χ0v) is 10.6. The lowest BCUT2D eigenvalue weighted by Crippen LogP contribution is -2.30. The van der Waals surface area contributed by atoms with Crippen LogP contribution in [0, 0.1) is 10.1 Å². The van der Waals surface area contributed by atoms with E-state index in [-0.39, 0.29) is 12.3 Å². The quantitative estimate of drug-likeness (QED) is 0.661. The molecule has 0 saturated heterocycles. The molecule has 0 aromatic carbocycles. The fourth-order valence-corrected chi connectivity index (χ4v) is 2.25. The minimum absolute atomic E-state index is 0.0413. The molecule has 0 amide bonds. The van der Waals surface area contributed by atoms with Crippen LogP contribution >= 0.6 is 15.9 Å². The molecule has 1 heterocycles. The molecule has 0 spiro atoms. The molecule has 0 unspecified atom stereocenters. The highest BCUT2D eigenvalue weighted by molar-refractivity contribution is 9.10. The van der Waals surface area contributed by atoms with Gasteiger partial charge in [-0.05, 0) is 28.8 Å². The van der Waals surface area contributed by atoms with Crippen LogP contribution in [0.5, 0.6) is 0 Å². The van der Waals surface area contributed by atoms with Gasteiger partial charge < -0.3 is 10.0 Å². The molecule has 1 aromatic heterocycles. The summed E-state index contributed by atoms with van der Waals surface area (Å²) in [5, 5.41) is 19.6. The average molecular weight is 302 g/mol. The number of hydrogen-bond donors (Lipinski definition) is 1. The summed E-state index contributed by atoms with van der Waals surface area (Å²) in [5.41, 5.74) is -0.0413. The Morgan fingerprint density at radius 3 is 2.82 bits per heavy atom. The largest absolute Gasteiger partial charge is 0.395 e. The molecular weight excluding hydrogens is 290 g/mol. The minimum Gasteiger partial charge on any atom is -0.395 e. The highest BCUT2D eigenvalue weighted by atomic mass is 79.9. The van der Waals surface area contributed by atoms with Crippen molar-refractivity contribution in [2.75, 3.05) is 18.1 Å². The van der Waals surface area contributed by atoms with Gasteiger partial charge in [0.15, 0.2) is 0 Å². The normalized spacial score (nSPS) is 14.7. The molecule has 92 valence electrons. The standard InChI is InChI=1S/C10H12BrN3O3/c11-9-5-8(14(16)17)6-12-10(9)13(3-4-15)7-1-2-7/h5-7,15H,1-4H2. The van der Waals surface area contributed by atoms with Crippen molar-refractivity contribution >= 4 is 27.4 Å². The second-order valence-electron chi connectivity index (χ2n) is 3.90. The molecule has 0 radical (unpaired) electrons. The molecule has 1 aliphatic rings. The van der Waals surface area contributed by atoms with E-state index in [1.165, 1.54) is 12.3 Å². The Morgan fingerprint density at radius 1 is 1.65 bits per heavy atom. The van der Waals surface area contributed by atoms with Gasteiger partial charge in [0.1, 0.15) is 12.0 Å². The Hall–Kier alpha value is -1.21. The first-order valence-corrected chi connectivity index (χ1v) is 6.10. The van der Waals surface area contributed by atoms with Crippen LogP contribution in [0.25, 0.3) is 0 Å². The molecule has 0 atom stereocenters. The Kier molecular flexibility index (Phi) is 3.58. The maximum Gasteiger partial charge on any atom is 0.288 e. The van der Waals surface area contributed by atoms with Crippen molar-refractivity contribution in [3.05, 3.63) is 26.9 Å². The summed E-state index contributed by atoms with van der Waals surface area (Å²) in [6.45, 7) is 0.537. The van der Waals surface area contributed by atoms with Crippen LogP contribution in [0.2, 0.25) is 0 Å². The third kappa shape index (κ3) is 2.73. The van der Waals surface area contributed by atoms with Crippen LogP contribution in [-0.4, -0.2) is 34.2 Å². The van der Waals surface area contributed by atoms with Gasteiger partial charge in [0, 0.05) is 18.7 Å². The predicted octanol–water partition coefficient (Wildman–Crippen LogP) is 1.71. The first kappa shape index (κ1) is 12.3. The van der Waals surface area contributed by atoms with E-state index in [2.05, 4.69) is 20.9 Å². The van der Waals surface area contributed by atoms with E-state index in [4.69, 9.17) is 5.11 Å². The number of anilines is 1. The van der Waals surface area contributed by atoms with E-state index >= 15 is 0 Å². The fraction of sp³-hybridized carbons (Fsp3) is 0.500. The Morgan fingerprint density at radius 2 is 2.35 bits per heavy atom. The van der Waals surface area contributed by atoms with Crippen molar-refractivity contribution in [1.82, 2.24) is 4.98 Å². The molecule has 17 heavy (non-hydrogen) atoms. The highest BCUT2D eigenvalue weighted by Crippen LogP contribution is 2.35. The number of nitro groups is 1. The monoisotopic (exact) mass is 301 g/mol. The van der Waals surface area contributed by atoms with Gasteiger partial charge in [-0.25, -0.2) is 4.98 Å². The minimum atomic E-state index is -0.477. The molecule has 1 N–H and O–H groups in total. The van der Waals surface area contributed by atoms with Crippen molar-refractivity contribution in [3.8, 4) is 0 Å². The maximum absolute atomic E-state index is 10.6. The van der Waals surface area contributed by atoms with Crippen LogP contribution in [0.15, 0.2) is 16.7 Å². The van der Waals surface area contributed by atoms with E-state index < -0.39 is 4.92 Å². The first-order chi connectivity index (χ1) is 8.13. The van der Waals surface area contributed by atoms with Gasteiger partial charge in [0.05, 0.1) is 16.0 Å². The predicted molar refractivity (Wildman–Crippen MR) is 66.0 cm³/mol. The van der Waals surface area contributed by atoms with Crippen LogP contribution < -0.4 is 4.90 Å². The topological polar surface area (TPSA) is 79.5 Å². The SMILES string of the molecule is O=[N+]([O-])c1cnc(N(CCO)C2CC2)c(Br)c1. The number of rotatable bonds is 5. The number of aliphatic hydroxyl groups is 1. The number of aliphatic hydroxyl groups excluding tert-OH is 1. The van der Waals surface area contributed by atoms with Crippen molar-refractivity contribution in [3.63, 3.8) is 0 Å². The summed E-state index contributed by atoms with van der Waals surface area (Å²) in [6, 6.07) is 1.84. The second-order valence-corrected chi connectivity index (χ2v) is 4.76. The smallest absolute Gasteiger partial charge is 0.288 e. The van der Waals surface area contributed by atoms with Crippen molar-refractivity contribution < 1.29 is 10.0 Å². The van der Waals surface area contributed by atoms with Gasteiger partial charge in [0.2, 0.25) is 0 Å². The molecule has 1 fully saturated rings. The van der Waals surface area contributed by atoms with E-state index in [0.717, 1.165) is 12.8 Å². The summed E-state index contributed by atoms with van der Waals surface area (Å²) in [4.78, 5) is 16.2. The van der Waals surface area contributed by atoms with Crippen LogP contribution in [-0.2, 0) is 0 Å². The van der Waals surface area contributed by atoms with Gasteiger partial charge in [-0.15, -0.1) is 0 Å². The lowest BCUT2D eigenvalue weighted by molar-refractivity contribution is -0.385. The van der Waals surface area contributed by atoms with Gasteiger partial charge in [0.25, 0.3) is 5.69 Å². The van der Waals surface area contributed by atoms with Crippen molar-refractivity contribution in [1.29, 1.82) is 0 Å². The van der Waals surface area contributed by atoms with Gasteiger partial charge in [-0.3, -0.25) is 10.1 Å². The van der Waals surface area contributed by atoms with Crippen LogP contribution in [0.4, 0.5) is 11.5 Å². The van der Waals surface area contributed by atoms with Gasteiger partial charge in [-0.2, -0.15) is 0 Å². The lowest BCUT2D eigenvalue weighted by Gasteiger charge is -2.23. The molecule has 0 bridgehead atoms. The van der Waals surface area contributed by atoms with Gasteiger partial charge in [-0.1, -0.05) is 0 Å². The van der Waals surface area contributed by atoms with E-state index in [1.807, 2.05) is 4.90 Å². The summed E-state index contributed by atoms with van der Waals surface area (Å²) < 4.78 is 0.590. The Balaban J connectivity index is 2.27. The molecule has 2 rings (SSSR count). The summed E-state index contributed by atoms with van der Waals surface area (Å²) in [6.07, 6.45) is 3.39. The summed E-state index contributed by atoms with van der Waals surface area (Å²) in [5.74, 6) is 0.659. The van der Waals surface area contributed by atoms with Gasteiger partial charge >= 0.3 is 0 Å². The molecule has 1 aromatic rings. The number of aromatic nitrogens is 1. The molecule has 7 heteroatoms. The third-order valence-electron chi connectivity index (χ3n) is 2.62. The Bertz CT molecular complexity index is 437. The molecule has 1 aliphatic carbocycles. The fourth-order valence-electron chi connectivity index (χ4n) is 1.69. The van der Waals surface area contributed by atoms with E-state index in [9.17, 15) is 10.1 Å². The zero-order valence-electron chi connectivity index (χ0n) is 9.04. The molecule has 6 nitrogen and oxygen atoms in total. The summed E-state index contributed by atoms with van der Waals surface area (Å²) in [7, 11) is 0. The zero-order chi connectivity index (χ0) is 12.4. The number of hydrogen-bond acceptors (Lipinski definition) is 5. The molecular formula is C10H12BrN3O3. The molecule has 0 aliphatic heterocycles. The van der Waals surface area contributed by atoms with E-state index in [0.29, 0.717) is 22.9 Å². The van der Waals surface area contributed by atoms with Crippen LogP contribution in [0.1, 0.15) is 12.8 Å². The Labute approximate surface area is 107 Å². The number of halogens is 1. The van der Waals surface area contributed by atoms with E-state index in [1.54, 1.807) is 0 Å². The van der Waals surface area contributed by atoms with Crippen LogP contribution in [0.3, 0.4) is 0 Å². The highest BCUT2D eigenvalue weighted by Gasteiger charge is 2.31. The lowest BCUT2D eigenvalue weighted by atomic mass is 10.3. The first-order valence-electron chi connectivity index (χ1n) is 5.31. The second kappa shape index (κ2) is 4.97. The number of pyridine rings is 1. The molecule has 1 saturated carbocycles. The third-order valence-corrected chi connectivity index (χ3v) is 3.20. The van der Waals surface area contributed by atoms with Crippen molar-refractivity contribution in [2.24, 2.45) is 0 Å². The number of nitrogens with zero attached hydrogens (tertiary/aromatic N) is 3. The van der Waals surface area contributed by atoms with Crippen molar-refractivity contribution in [2.45, 2.75) is 18.9 Å². The summed E-state index contributed by atoms with van der Waals surface area (Å²) >= 11 is 3.29. The maximum atomic E-state index is 10.6. The average Bonchev–Trinajstić information content (AvgIpc) is 3.10.